The Kier molecular flexibility index (Phi) is 3.05. The molecule has 0 aromatic carbocycles. The molecule has 4 aliphatic rings. The van der Waals surface area contributed by atoms with Crippen molar-refractivity contribution in [1.29, 1.82) is 0 Å². The SMILES string of the molecule is Cc1nn(C)c(C)c1S(=O)(=O)NC12CC3CC(CC(C3)C1)C2. The van der Waals surface area contributed by atoms with Crippen molar-refractivity contribution in [2.45, 2.75) is 62.8 Å². The number of aromatic nitrogens is 2. The van der Waals surface area contributed by atoms with E-state index < -0.39 is 10.0 Å². The molecule has 0 radical (unpaired) electrons. The van der Waals surface area contributed by atoms with Crippen molar-refractivity contribution >= 4 is 10.0 Å². The number of aryl methyl sites for hydroxylation is 2. The maximum Gasteiger partial charge on any atom is 0.244 e. The molecule has 1 N–H and O–H groups in total. The second kappa shape index (κ2) is 4.57. The molecule has 122 valence electrons. The minimum Gasteiger partial charge on any atom is -0.271 e. The van der Waals surface area contributed by atoms with E-state index in [1.165, 1.54) is 19.3 Å². The van der Waals surface area contributed by atoms with E-state index in [-0.39, 0.29) is 5.54 Å². The molecule has 0 spiro atoms. The van der Waals surface area contributed by atoms with Crippen LogP contribution in [0.2, 0.25) is 0 Å². The minimum atomic E-state index is -3.50. The van der Waals surface area contributed by atoms with Gasteiger partial charge in [-0.15, -0.1) is 0 Å². The van der Waals surface area contributed by atoms with Gasteiger partial charge in [0.1, 0.15) is 4.90 Å². The fourth-order valence-corrected chi connectivity index (χ4v) is 7.59. The maximum absolute atomic E-state index is 13.0. The first kappa shape index (κ1) is 14.7. The van der Waals surface area contributed by atoms with Crippen LogP contribution in [-0.2, 0) is 17.1 Å². The molecule has 4 aliphatic carbocycles. The first-order valence-corrected chi connectivity index (χ1v) is 9.80. The summed E-state index contributed by atoms with van der Waals surface area (Å²) in [6.07, 6.45) is 7.01. The number of hydrogen-bond donors (Lipinski definition) is 1. The van der Waals surface area contributed by atoms with E-state index in [4.69, 9.17) is 0 Å². The van der Waals surface area contributed by atoms with Gasteiger partial charge in [0, 0.05) is 12.6 Å². The van der Waals surface area contributed by atoms with Gasteiger partial charge in [-0.25, -0.2) is 13.1 Å². The average molecular weight is 323 g/mol. The monoisotopic (exact) mass is 323 g/mol. The largest absolute Gasteiger partial charge is 0.271 e. The zero-order valence-corrected chi connectivity index (χ0v) is 14.4. The summed E-state index contributed by atoms with van der Waals surface area (Å²) < 4.78 is 30.8. The Hall–Kier alpha value is -0.880. The zero-order chi connectivity index (χ0) is 15.7. The summed E-state index contributed by atoms with van der Waals surface area (Å²) in [4.78, 5) is 0.380. The van der Waals surface area contributed by atoms with Gasteiger partial charge in [0.25, 0.3) is 0 Å². The van der Waals surface area contributed by atoms with Crippen LogP contribution >= 0.6 is 0 Å². The van der Waals surface area contributed by atoms with E-state index in [0.29, 0.717) is 10.6 Å². The van der Waals surface area contributed by atoms with Crippen LogP contribution in [0, 0.1) is 31.6 Å². The molecule has 5 nitrogen and oxygen atoms in total. The highest BCUT2D eigenvalue weighted by Crippen LogP contribution is 2.56. The van der Waals surface area contributed by atoms with Crippen LogP contribution in [0.1, 0.15) is 49.9 Å². The lowest BCUT2D eigenvalue weighted by Crippen LogP contribution is -2.59. The van der Waals surface area contributed by atoms with Crippen molar-refractivity contribution in [1.82, 2.24) is 14.5 Å². The van der Waals surface area contributed by atoms with Crippen molar-refractivity contribution in [2.24, 2.45) is 24.8 Å². The third-order valence-corrected chi connectivity index (χ3v) is 7.93. The van der Waals surface area contributed by atoms with Crippen molar-refractivity contribution < 1.29 is 8.42 Å². The molecule has 0 atom stereocenters. The first-order valence-electron chi connectivity index (χ1n) is 8.32. The molecule has 0 amide bonds. The van der Waals surface area contributed by atoms with Crippen LogP contribution in [-0.4, -0.2) is 23.7 Å². The minimum absolute atomic E-state index is 0.192. The van der Waals surface area contributed by atoms with Gasteiger partial charge in [0.2, 0.25) is 10.0 Å². The first-order chi connectivity index (χ1) is 10.3. The molecule has 4 fully saturated rings. The zero-order valence-electron chi connectivity index (χ0n) is 13.6. The fourth-order valence-electron chi connectivity index (χ4n) is 5.71. The Bertz CT molecular complexity index is 685. The Morgan fingerprint density at radius 3 is 2.00 bits per heavy atom. The molecule has 1 heterocycles. The van der Waals surface area contributed by atoms with E-state index in [0.717, 1.165) is 42.7 Å². The van der Waals surface area contributed by atoms with E-state index in [2.05, 4.69) is 9.82 Å². The second-order valence-electron chi connectivity index (χ2n) is 7.93. The Labute approximate surface area is 132 Å². The van der Waals surface area contributed by atoms with Crippen LogP contribution in [0.5, 0.6) is 0 Å². The van der Waals surface area contributed by atoms with Gasteiger partial charge in [-0.2, -0.15) is 5.10 Å². The average Bonchev–Trinajstić information content (AvgIpc) is 2.59. The maximum atomic E-state index is 13.0. The van der Waals surface area contributed by atoms with Crippen LogP contribution in [0.3, 0.4) is 0 Å². The predicted octanol–water partition coefficient (Wildman–Crippen LogP) is 2.28. The van der Waals surface area contributed by atoms with E-state index >= 15 is 0 Å². The topological polar surface area (TPSA) is 64.0 Å². The molecule has 4 saturated carbocycles. The van der Waals surface area contributed by atoms with Gasteiger partial charge < -0.3 is 0 Å². The Morgan fingerprint density at radius 2 is 1.59 bits per heavy atom. The highest BCUT2D eigenvalue weighted by molar-refractivity contribution is 7.89. The normalized spacial score (nSPS) is 37.0. The third kappa shape index (κ3) is 2.14. The van der Waals surface area contributed by atoms with Crippen LogP contribution < -0.4 is 4.72 Å². The lowest BCUT2D eigenvalue weighted by atomic mass is 9.53. The number of sulfonamides is 1. The molecule has 0 aliphatic heterocycles. The standard InChI is InChI=1S/C16H25N3O2S/c1-10-15(11(2)19(3)17-10)22(20,21)18-16-7-12-4-13(8-16)6-14(5-12)9-16/h12-14,18H,4-9H2,1-3H3. The summed E-state index contributed by atoms with van der Waals surface area (Å²) in [7, 11) is -1.70. The second-order valence-corrected chi connectivity index (χ2v) is 9.55. The van der Waals surface area contributed by atoms with E-state index in [1.54, 1.807) is 18.7 Å². The highest BCUT2D eigenvalue weighted by atomic mass is 32.2. The third-order valence-electron chi connectivity index (χ3n) is 6.10. The number of nitrogens with zero attached hydrogens (tertiary/aromatic N) is 2. The number of hydrogen-bond acceptors (Lipinski definition) is 3. The van der Waals surface area contributed by atoms with Crippen molar-refractivity contribution in [3.8, 4) is 0 Å². The van der Waals surface area contributed by atoms with Gasteiger partial charge in [0.15, 0.2) is 0 Å². The lowest BCUT2D eigenvalue weighted by Gasteiger charge is -2.56. The van der Waals surface area contributed by atoms with Crippen molar-refractivity contribution in [3.05, 3.63) is 11.4 Å². The quantitative estimate of drug-likeness (QED) is 0.928. The Balaban J connectivity index is 1.68. The molecule has 1 aromatic heterocycles. The summed E-state index contributed by atoms with van der Waals surface area (Å²) >= 11 is 0. The molecular formula is C16H25N3O2S. The molecule has 1 aromatic rings. The Morgan fingerprint density at radius 1 is 1.09 bits per heavy atom. The van der Waals surface area contributed by atoms with Crippen LogP contribution in [0.15, 0.2) is 4.90 Å². The van der Waals surface area contributed by atoms with E-state index in [1.807, 2.05) is 6.92 Å². The molecule has 6 heteroatoms. The number of nitrogens with one attached hydrogen (secondary N) is 1. The summed E-state index contributed by atoms with van der Waals surface area (Å²) in [5.41, 5.74) is 1.12. The highest BCUT2D eigenvalue weighted by Gasteiger charge is 2.52. The summed E-state index contributed by atoms with van der Waals surface area (Å²) in [6, 6.07) is 0. The van der Waals surface area contributed by atoms with Crippen molar-refractivity contribution in [3.63, 3.8) is 0 Å². The van der Waals surface area contributed by atoms with Gasteiger partial charge in [-0.3, -0.25) is 4.68 Å². The summed E-state index contributed by atoms with van der Waals surface area (Å²) in [6.45, 7) is 3.61. The van der Waals surface area contributed by atoms with Gasteiger partial charge in [-0.05, 0) is 70.1 Å². The molecule has 5 rings (SSSR count). The fraction of sp³-hybridized carbons (Fsp3) is 0.812. The predicted molar refractivity (Wildman–Crippen MR) is 83.9 cm³/mol. The molecule has 0 unspecified atom stereocenters. The molecular weight excluding hydrogens is 298 g/mol. The summed E-state index contributed by atoms with van der Waals surface area (Å²) in [5.74, 6) is 2.18. The lowest BCUT2D eigenvalue weighted by molar-refractivity contribution is -0.00810. The molecule has 0 saturated heterocycles. The van der Waals surface area contributed by atoms with Crippen LogP contribution in [0.4, 0.5) is 0 Å². The number of rotatable bonds is 3. The van der Waals surface area contributed by atoms with Gasteiger partial charge >= 0.3 is 0 Å². The molecule has 4 bridgehead atoms. The van der Waals surface area contributed by atoms with E-state index in [9.17, 15) is 8.42 Å². The van der Waals surface area contributed by atoms with Crippen molar-refractivity contribution in [2.75, 3.05) is 0 Å². The molecule has 22 heavy (non-hydrogen) atoms. The van der Waals surface area contributed by atoms with Gasteiger partial charge in [-0.1, -0.05) is 0 Å². The van der Waals surface area contributed by atoms with Gasteiger partial charge in [0.05, 0.1) is 11.4 Å². The smallest absolute Gasteiger partial charge is 0.244 e. The van der Waals surface area contributed by atoms with Crippen LogP contribution in [0.25, 0.3) is 0 Å². The summed E-state index contributed by atoms with van der Waals surface area (Å²) in [5, 5.41) is 4.27.